The van der Waals surface area contributed by atoms with Crippen molar-refractivity contribution in [2.75, 3.05) is 13.2 Å². The number of carbonyl (C=O) groups excluding carboxylic acids is 1. The van der Waals surface area contributed by atoms with Gasteiger partial charge in [0.15, 0.2) is 9.03 Å². The highest BCUT2D eigenvalue weighted by Crippen LogP contribution is 2.10. The van der Waals surface area contributed by atoms with Crippen molar-refractivity contribution >= 4 is 15.0 Å². The SMILES string of the molecule is CC(=O)OC(C)(C)C.CCOPOCC. The molecule has 15 heavy (non-hydrogen) atoms. The van der Waals surface area contributed by atoms with Gasteiger partial charge in [-0.1, -0.05) is 0 Å². The molecule has 92 valence electrons. The smallest absolute Gasteiger partial charge is 0.303 e. The lowest BCUT2D eigenvalue weighted by molar-refractivity contribution is -0.151. The van der Waals surface area contributed by atoms with Gasteiger partial charge in [-0.05, 0) is 34.6 Å². The molecule has 0 saturated heterocycles. The molecule has 0 heterocycles. The summed E-state index contributed by atoms with van der Waals surface area (Å²) in [4.78, 5) is 10.2. The Balaban J connectivity index is 0. The molecule has 0 fully saturated rings. The van der Waals surface area contributed by atoms with Crippen LogP contribution in [-0.2, 0) is 18.6 Å². The Morgan fingerprint density at radius 2 is 1.53 bits per heavy atom. The average Bonchev–Trinajstić information content (AvgIpc) is 2.01. The van der Waals surface area contributed by atoms with E-state index in [1.54, 1.807) is 0 Å². The summed E-state index contributed by atoms with van der Waals surface area (Å²) in [5, 5.41) is 0. The fraction of sp³-hybridized carbons (Fsp3) is 0.900. The second kappa shape index (κ2) is 10.3. The Morgan fingerprint density at radius 1 is 1.13 bits per heavy atom. The maximum Gasteiger partial charge on any atom is 0.303 e. The summed E-state index contributed by atoms with van der Waals surface area (Å²) in [5.41, 5.74) is -0.328. The zero-order chi connectivity index (χ0) is 12.3. The van der Waals surface area contributed by atoms with Crippen molar-refractivity contribution in [3.63, 3.8) is 0 Å². The van der Waals surface area contributed by atoms with E-state index in [0.29, 0.717) is 0 Å². The van der Waals surface area contributed by atoms with Crippen molar-refractivity contribution in [3.05, 3.63) is 0 Å². The van der Waals surface area contributed by atoms with E-state index in [2.05, 4.69) is 0 Å². The van der Waals surface area contributed by atoms with Gasteiger partial charge >= 0.3 is 5.97 Å². The summed E-state index contributed by atoms with van der Waals surface area (Å²) in [6.45, 7) is 12.3. The molecule has 5 heteroatoms. The minimum atomic E-state index is -0.328. The van der Waals surface area contributed by atoms with Crippen LogP contribution in [0.25, 0.3) is 0 Å². The molecule has 4 nitrogen and oxygen atoms in total. The summed E-state index contributed by atoms with van der Waals surface area (Å²) in [6, 6.07) is 0. The van der Waals surface area contributed by atoms with E-state index in [0.717, 1.165) is 13.2 Å². The first-order chi connectivity index (χ1) is 6.83. The number of rotatable bonds is 4. The molecule has 0 spiro atoms. The van der Waals surface area contributed by atoms with Gasteiger partial charge in [-0.15, -0.1) is 0 Å². The first-order valence-electron chi connectivity index (χ1n) is 5.01. The van der Waals surface area contributed by atoms with Gasteiger partial charge in [0.1, 0.15) is 5.60 Å². The molecule has 0 unspecified atom stereocenters. The number of carbonyl (C=O) groups is 1. The molecule has 0 atom stereocenters. The normalized spacial score (nSPS) is 10.3. The Kier molecular flexibility index (Phi) is 11.9. The summed E-state index contributed by atoms with van der Waals surface area (Å²) in [7, 11) is 0.232. The van der Waals surface area contributed by atoms with E-state index >= 15 is 0 Å². The zero-order valence-corrected chi connectivity index (χ0v) is 11.5. The highest BCUT2D eigenvalue weighted by Gasteiger charge is 2.11. The maximum atomic E-state index is 10.2. The van der Waals surface area contributed by atoms with Crippen LogP contribution in [0.5, 0.6) is 0 Å². The second-order valence-electron chi connectivity index (χ2n) is 3.66. The number of esters is 1. The van der Waals surface area contributed by atoms with E-state index in [9.17, 15) is 4.79 Å². The Morgan fingerprint density at radius 3 is 1.67 bits per heavy atom. The van der Waals surface area contributed by atoms with Crippen LogP contribution >= 0.6 is 9.03 Å². The third kappa shape index (κ3) is 24.8. The van der Waals surface area contributed by atoms with Crippen LogP contribution in [0.15, 0.2) is 0 Å². The predicted octanol–water partition coefficient (Wildman–Crippen LogP) is 2.92. The van der Waals surface area contributed by atoms with Crippen LogP contribution in [0.1, 0.15) is 41.5 Å². The summed E-state index contributed by atoms with van der Waals surface area (Å²) >= 11 is 0. The Labute approximate surface area is 94.6 Å². The first kappa shape index (κ1) is 17.2. The predicted molar refractivity (Wildman–Crippen MR) is 63.1 cm³/mol. The Bertz CT molecular complexity index is 150. The molecule has 0 aromatic rings. The molecule has 0 aromatic carbocycles. The van der Waals surface area contributed by atoms with Crippen molar-refractivity contribution in [2.24, 2.45) is 0 Å². The van der Waals surface area contributed by atoms with Gasteiger partial charge < -0.3 is 13.8 Å². The molecule has 0 saturated carbocycles. The summed E-state index contributed by atoms with van der Waals surface area (Å²) in [5.74, 6) is -0.225. The molecule has 0 rings (SSSR count). The maximum absolute atomic E-state index is 10.2. The molecule has 0 bridgehead atoms. The third-order valence-corrected chi connectivity index (χ3v) is 1.67. The van der Waals surface area contributed by atoms with E-state index < -0.39 is 0 Å². The van der Waals surface area contributed by atoms with E-state index in [1.807, 2.05) is 34.6 Å². The molecular formula is C10H23O4P. The third-order valence-electron chi connectivity index (χ3n) is 0.856. The van der Waals surface area contributed by atoms with Crippen LogP contribution in [0, 0.1) is 0 Å². The van der Waals surface area contributed by atoms with Gasteiger partial charge in [0.2, 0.25) is 0 Å². The lowest BCUT2D eigenvalue weighted by Gasteiger charge is -2.17. The minimum absolute atomic E-state index is 0.225. The molecule has 0 N–H and O–H groups in total. The molecule has 0 aromatic heterocycles. The van der Waals surface area contributed by atoms with Crippen LogP contribution in [0.3, 0.4) is 0 Å². The van der Waals surface area contributed by atoms with Gasteiger partial charge in [-0.25, -0.2) is 0 Å². The monoisotopic (exact) mass is 238 g/mol. The quantitative estimate of drug-likeness (QED) is 0.429. The van der Waals surface area contributed by atoms with Crippen molar-refractivity contribution in [3.8, 4) is 0 Å². The van der Waals surface area contributed by atoms with E-state index in [-0.39, 0.29) is 20.6 Å². The van der Waals surface area contributed by atoms with E-state index in [1.165, 1.54) is 6.92 Å². The molecule has 0 aliphatic heterocycles. The molecule has 0 amide bonds. The number of hydrogen-bond donors (Lipinski definition) is 0. The van der Waals surface area contributed by atoms with Crippen molar-refractivity contribution in [1.82, 2.24) is 0 Å². The highest BCUT2D eigenvalue weighted by atomic mass is 31.1. The van der Waals surface area contributed by atoms with Crippen LogP contribution < -0.4 is 0 Å². The fourth-order valence-electron chi connectivity index (χ4n) is 0.591. The van der Waals surface area contributed by atoms with Gasteiger partial charge in [0.05, 0.1) is 13.2 Å². The van der Waals surface area contributed by atoms with Crippen molar-refractivity contribution in [2.45, 2.75) is 47.1 Å². The van der Waals surface area contributed by atoms with Crippen LogP contribution in [0.2, 0.25) is 0 Å². The largest absolute Gasteiger partial charge is 0.460 e. The zero-order valence-electron chi connectivity index (χ0n) is 10.5. The number of hydrogen-bond acceptors (Lipinski definition) is 4. The summed E-state index contributed by atoms with van der Waals surface area (Å²) < 4.78 is 14.6. The fourth-order valence-corrected chi connectivity index (χ4v) is 0.910. The van der Waals surface area contributed by atoms with Gasteiger partial charge in [-0.3, -0.25) is 4.79 Å². The Hall–Kier alpha value is -0.180. The lowest BCUT2D eigenvalue weighted by Crippen LogP contribution is -2.21. The second-order valence-corrected chi connectivity index (χ2v) is 4.40. The lowest BCUT2D eigenvalue weighted by atomic mass is 10.2. The average molecular weight is 238 g/mol. The van der Waals surface area contributed by atoms with Crippen LogP contribution in [-0.4, -0.2) is 24.8 Å². The van der Waals surface area contributed by atoms with Gasteiger partial charge in [0, 0.05) is 6.92 Å². The van der Waals surface area contributed by atoms with E-state index in [4.69, 9.17) is 13.8 Å². The topological polar surface area (TPSA) is 44.8 Å². The molecule has 0 aliphatic rings. The van der Waals surface area contributed by atoms with Gasteiger partial charge in [0.25, 0.3) is 0 Å². The van der Waals surface area contributed by atoms with Crippen LogP contribution in [0.4, 0.5) is 0 Å². The van der Waals surface area contributed by atoms with Gasteiger partial charge in [-0.2, -0.15) is 0 Å². The minimum Gasteiger partial charge on any atom is -0.460 e. The number of ether oxygens (including phenoxy) is 1. The summed E-state index contributed by atoms with van der Waals surface area (Å²) in [6.07, 6.45) is 0. The first-order valence-corrected chi connectivity index (χ1v) is 5.83. The van der Waals surface area contributed by atoms with Crippen molar-refractivity contribution < 1.29 is 18.6 Å². The van der Waals surface area contributed by atoms with Crippen molar-refractivity contribution in [1.29, 1.82) is 0 Å². The highest BCUT2D eigenvalue weighted by molar-refractivity contribution is 7.26. The molecule has 0 aliphatic carbocycles. The molecular weight excluding hydrogens is 215 g/mol. The molecule has 0 radical (unpaired) electrons. The standard InChI is InChI=1S/C6H12O2.C4H11O2P/c1-5(7)8-6(2,3)4;1-3-5-7-6-4-2/h1-4H3;7H,3-4H2,1-2H3.